The van der Waals surface area contributed by atoms with Crippen molar-refractivity contribution >= 4 is 17.5 Å². The number of rotatable bonds is 3. The Morgan fingerprint density at radius 2 is 1.95 bits per heavy atom. The Morgan fingerprint density at radius 3 is 2.47 bits per heavy atom. The molecule has 2 amide bonds. The smallest absolute Gasteiger partial charge is 0.251 e. The molecule has 1 aromatic rings. The van der Waals surface area contributed by atoms with Crippen molar-refractivity contribution in [3.8, 4) is 0 Å². The van der Waals surface area contributed by atoms with Crippen molar-refractivity contribution in [2.45, 2.75) is 25.3 Å². The SMILES string of the molecule is CNC(=O)c1ccc(NC(=O)C2(C)CCCN2)cc1. The summed E-state index contributed by atoms with van der Waals surface area (Å²) in [7, 11) is 1.59. The molecular weight excluding hydrogens is 242 g/mol. The van der Waals surface area contributed by atoms with Crippen LogP contribution < -0.4 is 16.0 Å². The minimum Gasteiger partial charge on any atom is -0.355 e. The van der Waals surface area contributed by atoms with Crippen LogP contribution in [0.5, 0.6) is 0 Å². The number of carbonyl (C=O) groups excluding carboxylic acids is 2. The molecule has 2 rings (SSSR count). The van der Waals surface area contributed by atoms with E-state index in [1.807, 2.05) is 6.92 Å². The second-order valence-electron chi connectivity index (χ2n) is 4.97. The highest BCUT2D eigenvalue weighted by atomic mass is 16.2. The normalized spacial score (nSPS) is 22.0. The first-order valence-electron chi connectivity index (χ1n) is 6.44. The van der Waals surface area contributed by atoms with Crippen LogP contribution in [-0.4, -0.2) is 30.9 Å². The van der Waals surface area contributed by atoms with Gasteiger partial charge >= 0.3 is 0 Å². The van der Waals surface area contributed by atoms with Crippen LogP contribution in [0.3, 0.4) is 0 Å². The summed E-state index contributed by atoms with van der Waals surface area (Å²) >= 11 is 0. The lowest BCUT2D eigenvalue weighted by Crippen LogP contribution is -2.47. The molecule has 3 N–H and O–H groups in total. The molecule has 1 aliphatic heterocycles. The van der Waals surface area contributed by atoms with E-state index in [2.05, 4.69) is 16.0 Å². The highest BCUT2D eigenvalue weighted by Crippen LogP contribution is 2.21. The molecule has 0 aromatic heterocycles. The van der Waals surface area contributed by atoms with Gasteiger partial charge in [0.2, 0.25) is 5.91 Å². The zero-order chi connectivity index (χ0) is 13.9. The molecule has 102 valence electrons. The Morgan fingerprint density at radius 1 is 1.26 bits per heavy atom. The summed E-state index contributed by atoms with van der Waals surface area (Å²) in [6.45, 7) is 2.79. The summed E-state index contributed by atoms with van der Waals surface area (Å²) in [6.07, 6.45) is 1.86. The van der Waals surface area contributed by atoms with Crippen LogP contribution in [0.25, 0.3) is 0 Å². The average molecular weight is 261 g/mol. The van der Waals surface area contributed by atoms with Gasteiger partial charge in [-0.2, -0.15) is 0 Å². The maximum Gasteiger partial charge on any atom is 0.251 e. The first kappa shape index (κ1) is 13.5. The Hall–Kier alpha value is -1.88. The molecule has 0 aliphatic carbocycles. The quantitative estimate of drug-likeness (QED) is 0.764. The van der Waals surface area contributed by atoms with Gasteiger partial charge in [-0.1, -0.05) is 0 Å². The minimum absolute atomic E-state index is 0.0299. The lowest BCUT2D eigenvalue weighted by molar-refractivity contribution is -0.121. The largest absolute Gasteiger partial charge is 0.355 e. The van der Waals surface area contributed by atoms with Crippen molar-refractivity contribution in [1.82, 2.24) is 10.6 Å². The van der Waals surface area contributed by atoms with E-state index < -0.39 is 5.54 Å². The van der Waals surface area contributed by atoms with Gasteiger partial charge in [0.15, 0.2) is 0 Å². The second-order valence-corrected chi connectivity index (χ2v) is 4.97. The van der Waals surface area contributed by atoms with E-state index in [1.54, 1.807) is 31.3 Å². The Balaban J connectivity index is 2.03. The molecule has 0 radical (unpaired) electrons. The lowest BCUT2D eigenvalue weighted by Gasteiger charge is -2.23. The van der Waals surface area contributed by atoms with Crippen LogP contribution in [0.15, 0.2) is 24.3 Å². The van der Waals surface area contributed by atoms with E-state index in [9.17, 15) is 9.59 Å². The highest BCUT2D eigenvalue weighted by molar-refractivity contribution is 5.99. The fourth-order valence-corrected chi connectivity index (χ4v) is 2.21. The third kappa shape index (κ3) is 2.93. The lowest BCUT2D eigenvalue weighted by atomic mass is 9.99. The van der Waals surface area contributed by atoms with Crippen molar-refractivity contribution in [2.24, 2.45) is 0 Å². The van der Waals surface area contributed by atoms with Gasteiger partial charge in [0.05, 0.1) is 5.54 Å². The fraction of sp³-hybridized carbons (Fsp3) is 0.429. The van der Waals surface area contributed by atoms with Gasteiger partial charge in [-0.3, -0.25) is 9.59 Å². The van der Waals surface area contributed by atoms with Gasteiger partial charge in [0.25, 0.3) is 5.91 Å². The topological polar surface area (TPSA) is 70.2 Å². The second kappa shape index (κ2) is 5.40. The third-order valence-electron chi connectivity index (χ3n) is 3.50. The monoisotopic (exact) mass is 261 g/mol. The van der Waals surface area contributed by atoms with Gasteiger partial charge in [-0.05, 0) is 50.6 Å². The van der Waals surface area contributed by atoms with Gasteiger partial charge in [-0.25, -0.2) is 0 Å². The summed E-state index contributed by atoms with van der Waals surface area (Å²) in [5, 5.41) is 8.65. The van der Waals surface area contributed by atoms with Crippen LogP contribution in [0.4, 0.5) is 5.69 Å². The molecule has 5 nitrogen and oxygen atoms in total. The van der Waals surface area contributed by atoms with Crippen molar-refractivity contribution in [1.29, 1.82) is 0 Å². The molecule has 0 spiro atoms. The maximum absolute atomic E-state index is 12.2. The first-order valence-corrected chi connectivity index (χ1v) is 6.44. The molecule has 1 heterocycles. The summed E-state index contributed by atoms with van der Waals surface area (Å²) in [5.74, 6) is -0.167. The van der Waals surface area contributed by atoms with Gasteiger partial charge in [-0.15, -0.1) is 0 Å². The molecular formula is C14H19N3O2. The van der Waals surface area contributed by atoms with E-state index in [0.717, 1.165) is 19.4 Å². The van der Waals surface area contributed by atoms with Gasteiger partial charge < -0.3 is 16.0 Å². The number of benzene rings is 1. The zero-order valence-corrected chi connectivity index (χ0v) is 11.2. The van der Waals surface area contributed by atoms with Gasteiger partial charge in [0.1, 0.15) is 0 Å². The summed E-state index contributed by atoms with van der Waals surface area (Å²) in [4.78, 5) is 23.6. The molecule has 1 atom stereocenters. The van der Waals surface area contributed by atoms with E-state index in [4.69, 9.17) is 0 Å². The number of anilines is 1. The fourth-order valence-electron chi connectivity index (χ4n) is 2.21. The molecule has 0 saturated carbocycles. The molecule has 5 heteroatoms. The van der Waals surface area contributed by atoms with Crippen LogP contribution >= 0.6 is 0 Å². The molecule has 0 bridgehead atoms. The number of hydrogen-bond donors (Lipinski definition) is 3. The number of amides is 2. The molecule has 1 saturated heterocycles. The highest BCUT2D eigenvalue weighted by Gasteiger charge is 2.35. The average Bonchev–Trinajstić information content (AvgIpc) is 2.87. The molecule has 1 aliphatic rings. The predicted molar refractivity (Wildman–Crippen MR) is 74.1 cm³/mol. The standard InChI is InChI=1S/C14H19N3O2/c1-14(8-3-9-16-14)13(19)17-11-6-4-10(5-7-11)12(18)15-2/h4-7,16H,3,8-9H2,1-2H3,(H,15,18)(H,17,19). The Kier molecular flexibility index (Phi) is 3.85. The Bertz CT molecular complexity index is 476. The first-order chi connectivity index (χ1) is 9.05. The third-order valence-corrected chi connectivity index (χ3v) is 3.50. The van der Waals surface area contributed by atoms with Crippen molar-refractivity contribution in [3.05, 3.63) is 29.8 Å². The van der Waals surface area contributed by atoms with Crippen molar-refractivity contribution < 1.29 is 9.59 Å². The molecule has 19 heavy (non-hydrogen) atoms. The van der Waals surface area contributed by atoms with E-state index in [1.165, 1.54) is 0 Å². The van der Waals surface area contributed by atoms with Crippen LogP contribution in [0.2, 0.25) is 0 Å². The maximum atomic E-state index is 12.2. The van der Waals surface area contributed by atoms with Crippen LogP contribution in [-0.2, 0) is 4.79 Å². The van der Waals surface area contributed by atoms with Crippen LogP contribution in [0, 0.1) is 0 Å². The Labute approximate surface area is 112 Å². The van der Waals surface area contributed by atoms with E-state index in [0.29, 0.717) is 11.3 Å². The zero-order valence-electron chi connectivity index (χ0n) is 11.2. The molecule has 1 unspecified atom stereocenters. The number of nitrogens with one attached hydrogen (secondary N) is 3. The predicted octanol–water partition coefficient (Wildman–Crippen LogP) is 1.13. The van der Waals surface area contributed by atoms with Crippen molar-refractivity contribution in [2.75, 3.05) is 18.9 Å². The van der Waals surface area contributed by atoms with Crippen molar-refractivity contribution in [3.63, 3.8) is 0 Å². The number of hydrogen-bond acceptors (Lipinski definition) is 3. The number of carbonyl (C=O) groups is 2. The summed E-state index contributed by atoms with van der Waals surface area (Å²) in [5.41, 5.74) is 0.790. The van der Waals surface area contributed by atoms with E-state index in [-0.39, 0.29) is 11.8 Å². The van der Waals surface area contributed by atoms with Gasteiger partial charge in [0, 0.05) is 18.3 Å². The summed E-state index contributed by atoms with van der Waals surface area (Å²) < 4.78 is 0. The minimum atomic E-state index is -0.487. The molecule has 1 fully saturated rings. The summed E-state index contributed by atoms with van der Waals surface area (Å²) in [6, 6.07) is 6.86. The molecule has 1 aromatic carbocycles. The van der Waals surface area contributed by atoms with Crippen LogP contribution in [0.1, 0.15) is 30.1 Å². The van der Waals surface area contributed by atoms with E-state index >= 15 is 0 Å².